The molecule has 0 spiro atoms. The van der Waals surface area contributed by atoms with Gasteiger partial charge in [-0.15, -0.1) is 12.4 Å². The summed E-state index contributed by atoms with van der Waals surface area (Å²) in [6.07, 6.45) is 3.18. The molecule has 0 atom stereocenters. The van der Waals surface area contributed by atoms with Gasteiger partial charge in [0.25, 0.3) is 0 Å². The smallest absolute Gasteiger partial charge is 0.226 e. The normalized spacial score (nSPS) is 14.4. The SMILES string of the molecule is CNCCC(=O)NCc1ccc(N2CCCCC2=O)cc1.Cl. The van der Waals surface area contributed by atoms with E-state index in [0.29, 0.717) is 25.9 Å². The van der Waals surface area contributed by atoms with Crippen LogP contribution in [0.5, 0.6) is 0 Å². The van der Waals surface area contributed by atoms with Crippen LogP contribution in [-0.4, -0.2) is 32.0 Å². The van der Waals surface area contributed by atoms with Gasteiger partial charge in [0, 0.05) is 38.2 Å². The summed E-state index contributed by atoms with van der Waals surface area (Å²) in [4.78, 5) is 25.2. The molecule has 0 saturated carbocycles. The van der Waals surface area contributed by atoms with Crippen molar-refractivity contribution >= 4 is 29.9 Å². The van der Waals surface area contributed by atoms with E-state index in [1.54, 1.807) is 0 Å². The third-order valence-electron chi connectivity index (χ3n) is 3.66. The lowest BCUT2D eigenvalue weighted by Crippen LogP contribution is -2.35. The van der Waals surface area contributed by atoms with Gasteiger partial charge in [-0.3, -0.25) is 9.59 Å². The summed E-state index contributed by atoms with van der Waals surface area (Å²) >= 11 is 0. The molecule has 1 aromatic carbocycles. The molecule has 122 valence electrons. The van der Waals surface area contributed by atoms with Crippen LogP contribution in [0.3, 0.4) is 0 Å². The molecule has 5 nitrogen and oxygen atoms in total. The maximum absolute atomic E-state index is 11.9. The van der Waals surface area contributed by atoms with E-state index in [4.69, 9.17) is 0 Å². The summed E-state index contributed by atoms with van der Waals surface area (Å²) in [7, 11) is 1.83. The molecule has 2 rings (SSSR count). The van der Waals surface area contributed by atoms with E-state index in [0.717, 1.165) is 30.6 Å². The minimum atomic E-state index is 0. The number of halogens is 1. The topological polar surface area (TPSA) is 61.4 Å². The molecule has 0 aliphatic carbocycles. The predicted octanol–water partition coefficient (Wildman–Crippen LogP) is 1.85. The summed E-state index contributed by atoms with van der Waals surface area (Å²) in [6.45, 7) is 2.01. The molecule has 1 saturated heterocycles. The Morgan fingerprint density at radius 3 is 2.59 bits per heavy atom. The Bertz CT molecular complexity index is 491. The highest BCUT2D eigenvalue weighted by atomic mass is 35.5. The molecule has 1 aliphatic rings. The first-order valence-electron chi connectivity index (χ1n) is 7.51. The van der Waals surface area contributed by atoms with Crippen LogP contribution in [0.15, 0.2) is 24.3 Å². The first-order valence-corrected chi connectivity index (χ1v) is 7.51. The minimum absolute atomic E-state index is 0. The maximum atomic E-state index is 11.9. The Morgan fingerprint density at radius 1 is 1.23 bits per heavy atom. The fraction of sp³-hybridized carbons (Fsp3) is 0.500. The van der Waals surface area contributed by atoms with E-state index in [-0.39, 0.29) is 24.2 Å². The van der Waals surface area contributed by atoms with Crippen molar-refractivity contribution in [3.63, 3.8) is 0 Å². The molecule has 0 unspecified atom stereocenters. The Balaban J connectivity index is 0.00000242. The van der Waals surface area contributed by atoms with E-state index in [1.165, 1.54) is 0 Å². The lowest BCUT2D eigenvalue weighted by atomic mass is 10.1. The molecule has 0 bridgehead atoms. The highest BCUT2D eigenvalue weighted by Gasteiger charge is 2.19. The highest BCUT2D eigenvalue weighted by Crippen LogP contribution is 2.21. The van der Waals surface area contributed by atoms with Crippen LogP contribution in [0.1, 0.15) is 31.2 Å². The first-order chi connectivity index (χ1) is 10.2. The Hall–Kier alpha value is -1.59. The van der Waals surface area contributed by atoms with Crippen molar-refractivity contribution in [2.45, 2.75) is 32.2 Å². The molecule has 2 amide bonds. The van der Waals surface area contributed by atoms with Crippen molar-refractivity contribution in [2.75, 3.05) is 25.0 Å². The summed E-state index contributed by atoms with van der Waals surface area (Å²) < 4.78 is 0. The van der Waals surface area contributed by atoms with Crippen LogP contribution in [0, 0.1) is 0 Å². The van der Waals surface area contributed by atoms with E-state index in [2.05, 4.69) is 10.6 Å². The van der Waals surface area contributed by atoms with Gasteiger partial charge in [-0.05, 0) is 37.6 Å². The zero-order chi connectivity index (χ0) is 15.1. The lowest BCUT2D eigenvalue weighted by molar-refractivity contribution is -0.121. The van der Waals surface area contributed by atoms with Crippen LogP contribution in [0.2, 0.25) is 0 Å². The quantitative estimate of drug-likeness (QED) is 0.839. The number of amides is 2. The fourth-order valence-corrected chi connectivity index (χ4v) is 2.40. The second kappa shape index (κ2) is 9.43. The van der Waals surface area contributed by atoms with E-state index < -0.39 is 0 Å². The first kappa shape index (κ1) is 18.5. The molecule has 0 radical (unpaired) electrons. The van der Waals surface area contributed by atoms with E-state index >= 15 is 0 Å². The number of carbonyl (C=O) groups excluding carboxylic acids is 2. The number of hydrogen-bond donors (Lipinski definition) is 2. The molecule has 1 aliphatic heterocycles. The van der Waals surface area contributed by atoms with E-state index in [9.17, 15) is 9.59 Å². The largest absolute Gasteiger partial charge is 0.352 e. The molecule has 0 aromatic heterocycles. The van der Waals surface area contributed by atoms with Gasteiger partial charge in [0.1, 0.15) is 0 Å². The molecule has 2 N–H and O–H groups in total. The van der Waals surface area contributed by atoms with Gasteiger partial charge in [-0.25, -0.2) is 0 Å². The molecular weight excluding hydrogens is 302 g/mol. The average molecular weight is 326 g/mol. The minimum Gasteiger partial charge on any atom is -0.352 e. The van der Waals surface area contributed by atoms with Crippen LogP contribution in [0.4, 0.5) is 5.69 Å². The molecule has 1 aromatic rings. The lowest BCUT2D eigenvalue weighted by Gasteiger charge is -2.26. The average Bonchev–Trinajstić information content (AvgIpc) is 2.52. The van der Waals surface area contributed by atoms with Gasteiger partial charge in [0.2, 0.25) is 11.8 Å². The zero-order valence-electron chi connectivity index (χ0n) is 12.9. The summed E-state index contributed by atoms with van der Waals surface area (Å²) in [5, 5.41) is 5.83. The molecule has 22 heavy (non-hydrogen) atoms. The summed E-state index contributed by atoms with van der Waals surface area (Å²) in [6, 6.07) is 7.85. The van der Waals surface area contributed by atoms with Gasteiger partial charge in [-0.2, -0.15) is 0 Å². The molecule has 1 fully saturated rings. The number of rotatable bonds is 6. The number of nitrogens with one attached hydrogen (secondary N) is 2. The Labute approximate surface area is 137 Å². The summed E-state index contributed by atoms with van der Waals surface area (Å²) in [5.74, 6) is 0.244. The maximum Gasteiger partial charge on any atom is 0.226 e. The van der Waals surface area contributed by atoms with Crippen LogP contribution < -0.4 is 15.5 Å². The number of anilines is 1. The Kier molecular flexibility index (Phi) is 7.91. The molecular formula is C16H24ClN3O2. The number of benzene rings is 1. The van der Waals surface area contributed by atoms with Crippen molar-refractivity contribution in [3.8, 4) is 0 Å². The molecule has 6 heteroatoms. The number of carbonyl (C=O) groups is 2. The third-order valence-corrected chi connectivity index (χ3v) is 3.66. The van der Waals surface area contributed by atoms with Crippen LogP contribution in [-0.2, 0) is 16.1 Å². The fourth-order valence-electron chi connectivity index (χ4n) is 2.40. The third kappa shape index (κ3) is 5.31. The number of hydrogen-bond acceptors (Lipinski definition) is 3. The van der Waals surface area contributed by atoms with Gasteiger partial charge in [0.15, 0.2) is 0 Å². The highest BCUT2D eigenvalue weighted by molar-refractivity contribution is 5.93. The van der Waals surface area contributed by atoms with Crippen molar-refractivity contribution in [1.82, 2.24) is 10.6 Å². The number of nitrogens with zero attached hydrogens (tertiary/aromatic N) is 1. The van der Waals surface area contributed by atoms with Crippen LogP contribution in [0.25, 0.3) is 0 Å². The van der Waals surface area contributed by atoms with Crippen molar-refractivity contribution in [3.05, 3.63) is 29.8 Å². The van der Waals surface area contributed by atoms with Gasteiger partial charge >= 0.3 is 0 Å². The summed E-state index contributed by atoms with van der Waals surface area (Å²) in [5.41, 5.74) is 1.99. The zero-order valence-corrected chi connectivity index (χ0v) is 13.7. The second-order valence-corrected chi connectivity index (χ2v) is 5.30. The van der Waals surface area contributed by atoms with Crippen molar-refractivity contribution in [1.29, 1.82) is 0 Å². The molecule has 1 heterocycles. The van der Waals surface area contributed by atoms with Gasteiger partial charge < -0.3 is 15.5 Å². The Morgan fingerprint density at radius 2 is 1.95 bits per heavy atom. The second-order valence-electron chi connectivity index (χ2n) is 5.30. The number of piperidine rings is 1. The monoisotopic (exact) mass is 325 g/mol. The van der Waals surface area contributed by atoms with Crippen molar-refractivity contribution in [2.24, 2.45) is 0 Å². The van der Waals surface area contributed by atoms with E-state index in [1.807, 2.05) is 36.2 Å². The van der Waals surface area contributed by atoms with Gasteiger partial charge in [0.05, 0.1) is 0 Å². The van der Waals surface area contributed by atoms with Crippen molar-refractivity contribution < 1.29 is 9.59 Å². The standard InChI is InChI=1S/C16H23N3O2.ClH/c1-17-10-9-15(20)18-12-13-5-7-14(8-6-13)19-11-3-2-4-16(19)21;/h5-8,17H,2-4,9-12H2,1H3,(H,18,20);1H. The van der Waals surface area contributed by atoms with Crippen LogP contribution >= 0.6 is 12.4 Å². The van der Waals surface area contributed by atoms with Gasteiger partial charge in [-0.1, -0.05) is 12.1 Å². The predicted molar refractivity (Wildman–Crippen MR) is 90.3 cm³/mol.